The van der Waals surface area contributed by atoms with Crippen LogP contribution in [0.15, 0.2) is 41.7 Å². The van der Waals surface area contributed by atoms with E-state index in [9.17, 15) is 4.79 Å². The molecule has 1 aliphatic rings. The van der Waals surface area contributed by atoms with Gasteiger partial charge < -0.3 is 9.97 Å². The van der Waals surface area contributed by atoms with Crippen molar-refractivity contribution in [1.82, 2.24) is 29.8 Å². The van der Waals surface area contributed by atoms with Crippen molar-refractivity contribution < 1.29 is 0 Å². The SMILES string of the molecule is O=c1[nH]c(-c2ccncc2)nc2c1CCN(Cc1ncc[nH]1)C2. The fraction of sp³-hybridized carbons (Fsp3) is 0.250. The molecule has 3 aromatic rings. The molecule has 116 valence electrons. The monoisotopic (exact) mass is 308 g/mol. The van der Waals surface area contributed by atoms with Gasteiger partial charge in [0, 0.05) is 49.0 Å². The Labute approximate surface area is 132 Å². The second-order valence-corrected chi connectivity index (χ2v) is 5.57. The van der Waals surface area contributed by atoms with E-state index in [0.29, 0.717) is 18.8 Å². The molecule has 23 heavy (non-hydrogen) atoms. The molecule has 0 aliphatic carbocycles. The fourth-order valence-electron chi connectivity index (χ4n) is 2.87. The summed E-state index contributed by atoms with van der Waals surface area (Å²) in [5, 5.41) is 0. The molecular formula is C16H16N6O. The lowest BCUT2D eigenvalue weighted by molar-refractivity contribution is 0.235. The lowest BCUT2D eigenvalue weighted by Gasteiger charge is -2.26. The van der Waals surface area contributed by atoms with Crippen LogP contribution in [0.1, 0.15) is 17.1 Å². The Balaban J connectivity index is 1.64. The van der Waals surface area contributed by atoms with Crippen molar-refractivity contribution in [3.63, 3.8) is 0 Å². The number of nitrogens with one attached hydrogen (secondary N) is 2. The van der Waals surface area contributed by atoms with Gasteiger partial charge in [0.05, 0.1) is 12.2 Å². The number of rotatable bonds is 3. The highest BCUT2D eigenvalue weighted by atomic mass is 16.1. The molecule has 0 saturated carbocycles. The van der Waals surface area contributed by atoms with Gasteiger partial charge in [0.25, 0.3) is 5.56 Å². The molecule has 3 aromatic heterocycles. The van der Waals surface area contributed by atoms with Crippen molar-refractivity contribution in [3.05, 3.63) is 64.4 Å². The summed E-state index contributed by atoms with van der Waals surface area (Å²) in [6.07, 6.45) is 7.65. The summed E-state index contributed by atoms with van der Waals surface area (Å²) in [6, 6.07) is 3.68. The van der Waals surface area contributed by atoms with Crippen LogP contribution in [-0.4, -0.2) is 36.4 Å². The summed E-state index contributed by atoms with van der Waals surface area (Å²) in [5.41, 5.74) is 2.46. The average Bonchev–Trinajstić information content (AvgIpc) is 3.08. The number of aromatic amines is 2. The quantitative estimate of drug-likeness (QED) is 0.756. The average molecular weight is 308 g/mol. The molecule has 0 radical (unpaired) electrons. The number of nitrogens with zero attached hydrogens (tertiary/aromatic N) is 4. The smallest absolute Gasteiger partial charge is 0.254 e. The first-order chi connectivity index (χ1) is 11.3. The lowest BCUT2D eigenvalue weighted by Crippen LogP contribution is -2.35. The Morgan fingerprint density at radius 3 is 2.87 bits per heavy atom. The van der Waals surface area contributed by atoms with Crippen LogP contribution in [-0.2, 0) is 19.5 Å². The predicted octanol–water partition coefficient (Wildman–Crippen LogP) is 1.11. The van der Waals surface area contributed by atoms with Gasteiger partial charge in [-0.25, -0.2) is 9.97 Å². The summed E-state index contributed by atoms with van der Waals surface area (Å²) in [7, 11) is 0. The molecule has 1 aliphatic heterocycles. The molecule has 7 nitrogen and oxygen atoms in total. The van der Waals surface area contributed by atoms with Crippen molar-refractivity contribution in [2.75, 3.05) is 6.54 Å². The van der Waals surface area contributed by atoms with E-state index in [1.54, 1.807) is 18.6 Å². The van der Waals surface area contributed by atoms with Gasteiger partial charge in [0.1, 0.15) is 11.6 Å². The maximum atomic E-state index is 12.3. The third kappa shape index (κ3) is 2.78. The van der Waals surface area contributed by atoms with Crippen LogP contribution in [0.25, 0.3) is 11.4 Å². The maximum absolute atomic E-state index is 12.3. The van der Waals surface area contributed by atoms with Crippen LogP contribution >= 0.6 is 0 Å². The van der Waals surface area contributed by atoms with Crippen molar-refractivity contribution in [2.24, 2.45) is 0 Å². The Kier molecular flexibility index (Phi) is 3.47. The van der Waals surface area contributed by atoms with Gasteiger partial charge in [-0.2, -0.15) is 0 Å². The van der Waals surface area contributed by atoms with Crippen LogP contribution in [0.4, 0.5) is 0 Å². The molecule has 0 aromatic carbocycles. The molecule has 0 saturated heterocycles. The molecule has 4 rings (SSSR count). The number of imidazole rings is 1. The minimum Gasteiger partial charge on any atom is -0.348 e. The zero-order chi connectivity index (χ0) is 15.6. The van der Waals surface area contributed by atoms with Gasteiger partial charge in [-0.3, -0.25) is 14.7 Å². The molecule has 0 spiro atoms. The molecule has 7 heteroatoms. The number of H-pyrrole nitrogens is 2. The summed E-state index contributed by atoms with van der Waals surface area (Å²) >= 11 is 0. The second-order valence-electron chi connectivity index (χ2n) is 5.57. The Hall–Kier alpha value is -2.80. The molecular weight excluding hydrogens is 292 g/mol. The lowest BCUT2D eigenvalue weighted by atomic mass is 10.1. The summed E-state index contributed by atoms with van der Waals surface area (Å²) < 4.78 is 0. The summed E-state index contributed by atoms with van der Waals surface area (Å²) in [4.78, 5) is 33.5. The zero-order valence-corrected chi connectivity index (χ0v) is 12.5. The van der Waals surface area contributed by atoms with Crippen molar-refractivity contribution in [1.29, 1.82) is 0 Å². The molecule has 0 unspecified atom stereocenters. The van der Waals surface area contributed by atoms with Crippen molar-refractivity contribution in [2.45, 2.75) is 19.5 Å². The van der Waals surface area contributed by atoms with Gasteiger partial charge in [0.2, 0.25) is 0 Å². The van der Waals surface area contributed by atoms with E-state index in [0.717, 1.165) is 35.7 Å². The van der Waals surface area contributed by atoms with E-state index in [1.165, 1.54) is 0 Å². The van der Waals surface area contributed by atoms with E-state index < -0.39 is 0 Å². The molecule has 4 heterocycles. The maximum Gasteiger partial charge on any atom is 0.254 e. The second kappa shape index (κ2) is 5.77. The van der Waals surface area contributed by atoms with Crippen LogP contribution in [0.2, 0.25) is 0 Å². The van der Waals surface area contributed by atoms with Crippen molar-refractivity contribution in [3.8, 4) is 11.4 Å². The third-order valence-corrected chi connectivity index (χ3v) is 4.03. The van der Waals surface area contributed by atoms with Crippen LogP contribution in [0.5, 0.6) is 0 Å². The van der Waals surface area contributed by atoms with Crippen LogP contribution in [0.3, 0.4) is 0 Å². The predicted molar refractivity (Wildman–Crippen MR) is 84.5 cm³/mol. The van der Waals surface area contributed by atoms with E-state index in [2.05, 4.69) is 29.8 Å². The number of hydrogen-bond donors (Lipinski definition) is 2. The van der Waals surface area contributed by atoms with Gasteiger partial charge in [-0.15, -0.1) is 0 Å². The highest BCUT2D eigenvalue weighted by Gasteiger charge is 2.21. The first-order valence-electron chi connectivity index (χ1n) is 7.52. The largest absolute Gasteiger partial charge is 0.348 e. The van der Waals surface area contributed by atoms with E-state index in [1.807, 2.05) is 18.3 Å². The number of fused-ring (bicyclic) bond motifs is 1. The number of hydrogen-bond acceptors (Lipinski definition) is 5. The minimum absolute atomic E-state index is 0.0422. The van der Waals surface area contributed by atoms with E-state index in [4.69, 9.17) is 0 Å². The Morgan fingerprint density at radius 2 is 2.09 bits per heavy atom. The summed E-state index contributed by atoms with van der Waals surface area (Å²) in [5.74, 6) is 1.52. The highest BCUT2D eigenvalue weighted by molar-refractivity contribution is 5.54. The van der Waals surface area contributed by atoms with Crippen LogP contribution in [0, 0.1) is 0 Å². The first-order valence-corrected chi connectivity index (χ1v) is 7.52. The molecule has 0 bridgehead atoms. The van der Waals surface area contributed by atoms with Gasteiger partial charge in [0.15, 0.2) is 0 Å². The topological polar surface area (TPSA) is 90.6 Å². The summed E-state index contributed by atoms with van der Waals surface area (Å²) in [6.45, 7) is 2.20. The fourth-order valence-corrected chi connectivity index (χ4v) is 2.87. The molecule has 0 fully saturated rings. The Bertz CT molecular complexity index is 856. The molecule has 0 amide bonds. The molecule has 2 N–H and O–H groups in total. The van der Waals surface area contributed by atoms with Gasteiger partial charge in [-0.1, -0.05) is 0 Å². The number of pyridine rings is 1. The highest BCUT2D eigenvalue weighted by Crippen LogP contribution is 2.19. The van der Waals surface area contributed by atoms with Gasteiger partial charge in [-0.05, 0) is 18.6 Å². The third-order valence-electron chi connectivity index (χ3n) is 4.03. The van der Waals surface area contributed by atoms with Crippen LogP contribution < -0.4 is 5.56 Å². The van der Waals surface area contributed by atoms with Crippen molar-refractivity contribution >= 4 is 0 Å². The Morgan fingerprint density at radius 1 is 1.22 bits per heavy atom. The normalized spacial score (nSPS) is 14.6. The standard InChI is InChI=1S/C16H16N6O/c23-16-12-3-8-22(10-14-18-6-7-19-14)9-13(12)20-15(21-16)11-1-4-17-5-2-11/h1-2,4-7H,3,8-10H2,(H,18,19)(H,20,21,23). The zero-order valence-electron chi connectivity index (χ0n) is 12.5. The minimum atomic E-state index is -0.0422. The van der Waals surface area contributed by atoms with Gasteiger partial charge >= 0.3 is 0 Å². The van der Waals surface area contributed by atoms with E-state index in [-0.39, 0.29) is 5.56 Å². The molecule has 0 atom stereocenters. The number of aromatic nitrogens is 5. The van der Waals surface area contributed by atoms with E-state index >= 15 is 0 Å². The first kappa shape index (κ1) is 13.8.